The predicted molar refractivity (Wildman–Crippen MR) is 79.1 cm³/mol. The lowest BCUT2D eigenvalue weighted by Crippen LogP contribution is -2.35. The molecule has 5 heteroatoms. The summed E-state index contributed by atoms with van der Waals surface area (Å²) in [6.07, 6.45) is 2.27. The van der Waals surface area contributed by atoms with Gasteiger partial charge < -0.3 is 14.6 Å². The first kappa shape index (κ1) is 13.0. The zero-order chi connectivity index (χ0) is 14.1. The van der Waals surface area contributed by atoms with Crippen LogP contribution in [-0.2, 0) is 11.3 Å². The summed E-state index contributed by atoms with van der Waals surface area (Å²) >= 11 is 0. The Kier molecular flexibility index (Phi) is 3.45. The van der Waals surface area contributed by atoms with Crippen LogP contribution in [0.25, 0.3) is 0 Å². The maximum Gasteiger partial charge on any atom is 0.154 e. The monoisotopic (exact) mass is 284 g/mol. The summed E-state index contributed by atoms with van der Waals surface area (Å²) in [5, 5.41) is 12.5. The van der Waals surface area contributed by atoms with Gasteiger partial charge in [0.05, 0.1) is 12.6 Å². The largest absolute Gasteiger partial charge is 0.381 e. The van der Waals surface area contributed by atoms with E-state index in [0.717, 1.165) is 50.8 Å². The Hall–Kier alpha value is -1.72. The van der Waals surface area contributed by atoms with E-state index < -0.39 is 0 Å². The second kappa shape index (κ2) is 5.58. The fraction of sp³-hybridized carbons (Fsp3) is 0.500. The van der Waals surface area contributed by atoms with Gasteiger partial charge in [-0.25, -0.2) is 0 Å². The van der Waals surface area contributed by atoms with Gasteiger partial charge in [0.25, 0.3) is 0 Å². The van der Waals surface area contributed by atoms with E-state index in [9.17, 15) is 0 Å². The molecule has 0 bridgehead atoms. The second-order valence-corrected chi connectivity index (χ2v) is 5.78. The van der Waals surface area contributed by atoms with Crippen LogP contribution in [0.4, 0.5) is 0 Å². The van der Waals surface area contributed by atoms with Crippen molar-refractivity contribution in [3.63, 3.8) is 0 Å². The smallest absolute Gasteiger partial charge is 0.154 e. The van der Waals surface area contributed by atoms with E-state index in [1.165, 1.54) is 5.56 Å². The van der Waals surface area contributed by atoms with E-state index >= 15 is 0 Å². The minimum Gasteiger partial charge on any atom is -0.381 e. The molecule has 3 heterocycles. The standard InChI is InChI=1S/C16H20N4O/c1-2-5-12(6-3-1)14-16-19-18-15(20(16)9-8-17-14)13-7-4-10-21-11-13/h1-3,5-6,13-14,17H,4,7-11H2. The Morgan fingerprint density at radius 3 is 2.81 bits per heavy atom. The Morgan fingerprint density at radius 1 is 1.14 bits per heavy atom. The highest BCUT2D eigenvalue weighted by atomic mass is 16.5. The van der Waals surface area contributed by atoms with Crippen LogP contribution in [0.2, 0.25) is 0 Å². The van der Waals surface area contributed by atoms with Crippen LogP contribution in [-0.4, -0.2) is 34.5 Å². The molecule has 1 aromatic carbocycles. The number of nitrogens with zero attached hydrogens (tertiary/aromatic N) is 3. The van der Waals surface area contributed by atoms with Crippen molar-refractivity contribution in [2.75, 3.05) is 19.8 Å². The molecule has 4 rings (SSSR count). The Morgan fingerprint density at radius 2 is 2.00 bits per heavy atom. The van der Waals surface area contributed by atoms with E-state index in [1.807, 2.05) is 6.07 Å². The molecular formula is C16H20N4O. The van der Waals surface area contributed by atoms with Gasteiger partial charge in [0, 0.05) is 25.6 Å². The third-order valence-corrected chi connectivity index (χ3v) is 4.41. The summed E-state index contributed by atoms with van der Waals surface area (Å²) in [6, 6.07) is 10.6. The fourth-order valence-electron chi connectivity index (χ4n) is 3.34. The SMILES string of the molecule is c1ccc(C2NCCn3c(C4CCCOC4)nnc32)cc1. The van der Waals surface area contributed by atoms with Crippen LogP contribution in [0.15, 0.2) is 30.3 Å². The lowest BCUT2D eigenvalue weighted by molar-refractivity contribution is 0.0767. The molecule has 2 aliphatic heterocycles. The number of nitrogens with one attached hydrogen (secondary N) is 1. The maximum atomic E-state index is 5.61. The van der Waals surface area contributed by atoms with Gasteiger partial charge in [-0.3, -0.25) is 0 Å². The summed E-state index contributed by atoms with van der Waals surface area (Å²) in [7, 11) is 0. The summed E-state index contributed by atoms with van der Waals surface area (Å²) in [4.78, 5) is 0. The van der Waals surface area contributed by atoms with Gasteiger partial charge in [-0.1, -0.05) is 30.3 Å². The molecule has 0 spiro atoms. The summed E-state index contributed by atoms with van der Waals surface area (Å²) in [6.45, 7) is 3.55. The molecule has 1 fully saturated rings. The number of benzene rings is 1. The van der Waals surface area contributed by atoms with Crippen LogP contribution in [0.3, 0.4) is 0 Å². The van der Waals surface area contributed by atoms with E-state index in [4.69, 9.17) is 4.74 Å². The molecule has 21 heavy (non-hydrogen) atoms. The molecule has 0 aliphatic carbocycles. The molecule has 2 atom stereocenters. The number of aromatic nitrogens is 3. The van der Waals surface area contributed by atoms with Crippen LogP contribution < -0.4 is 5.32 Å². The molecule has 5 nitrogen and oxygen atoms in total. The molecule has 2 aliphatic rings. The van der Waals surface area contributed by atoms with Gasteiger partial charge in [0.15, 0.2) is 5.82 Å². The topological polar surface area (TPSA) is 52.0 Å². The van der Waals surface area contributed by atoms with E-state index in [1.54, 1.807) is 0 Å². The first-order chi connectivity index (χ1) is 10.4. The minimum atomic E-state index is 0.144. The number of fused-ring (bicyclic) bond motifs is 1. The molecule has 0 amide bonds. The fourth-order valence-corrected chi connectivity index (χ4v) is 3.34. The van der Waals surface area contributed by atoms with Crippen LogP contribution >= 0.6 is 0 Å². The molecular weight excluding hydrogens is 264 g/mol. The minimum absolute atomic E-state index is 0.144. The molecule has 1 saturated heterocycles. The third kappa shape index (κ3) is 2.36. The quantitative estimate of drug-likeness (QED) is 0.914. The second-order valence-electron chi connectivity index (χ2n) is 5.78. The molecule has 2 unspecified atom stereocenters. The first-order valence-corrected chi connectivity index (χ1v) is 7.72. The predicted octanol–water partition coefficient (Wildman–Crippen LogP) is 1.86. The summed E-state index contributed by atoms with van der Waals surface area (Å²) in [5.74, 6) is 2.54. The van der Waals surface area contributed by atoms with E-state index in [-0.39, 0.29) is 6.04 Å². The van der Waals surface area contributed by atoms with Crippen LogP contribution in [0.1, 0.15) is 42.0 Å². The maximum absolute atomic E-state index is 5.61. The average Bonchev–Trinajstić information content (AvgIpc) is 3.00. The van der Waals surface area contributed by atoms with E-state index in [0.29, 0.717) is 5.92 Å². The third-order valence-electron chi connectivity index (χ3n) is 4.41. The van der Waals surface area contributed by atoms with Crippen molar-refractivity contribution >= 4 is 0 Å². The van der Waals surface area contributed by atoms with Crippen molar-refractivity contribution in [2.24, 2.45) is 0 Å². The highest BCUT2D eigenvalue weighted by molar-refractivity contribution is 5.26. The van der Waals surface area contributed by atoms with Gasteiger partial charge >= 0.3 is 0 Å². The van der Waals surface area contributed by atoms with Gasteiger partial charge in [-0.2, -0.15) is 0 Å². The Labute approximate surface area is 124 Å². The highest BCUT2D eigenvalue weighted by Crippen LogP contribution is 2.29. The lowest BCUT2D eigenvalue weighted by atomic mass is 10.0. The Balaban J connectivity index is 1.68. The number of hydrogen-bond acceptors (Lipinski definition) is 4. The van der Waals surface area contributed by atoms with Gasteiger partial charge in [-0.05, 0) is 18.4 Å². The van der Waals surface area contributed by atoms with Crippen molar-refractivity contribution in [2.45, 2.75) is 31.3 Å². The van der Waals surface area contributed by atoms with Crippen LogP contribution in [0.5, 0.6) is 0 Å². The van der Waals surface area contributed by atoms with Crippen molar-refractivity contribution in [1.29, 1.82) is 0 Å². The molecule has 1 aromatic heterocycles. The lowest BCUT2D eigenvalue weighted by Gasteiger charge is -2.28. The first-order valence-electron chi connectivity index (χ1n) is 7.72. The molecule has 2 aromatic rings. The zero-order valence-corrected chi connectivity index (χ0v) is 12.0. The molecule has 1 N–H and O–H groups in total. The zero-order valence-electron chi connectivity index (χ0n) is 12.0. The molecule has 0 radical (unpaired) electrons. The number of ether oxygens (including phenoxy) is 1. The van der Waals surface area contributed by atoms with Gasteiger partial charge in [-0.15, -0.1) is 10.2 Å². The normalized spacial score (nSPS) is 25.5. The van der Waals surface area contributed by atoms with Crippen molar-refractivity contribution in [3.05, 3.63) is 47.5 Å². The summed E-state index contributed by atoms with van der Waals surface area (Å²) < 4.78 is 7.91. The highest BCUT2D eigenvalue weighted by Gasteiger charge is 2.29. The average molecular weight is 284 g/mol. The van der Waals surface area contributed by atoms with Crippen molar-refractivity contribution < 1.29 is 4.74 Å². The molecule has 0 saturated carbocycles. The number of hydrogen-bond donors (Lipinski definition) is 1. The Bertz CT molecular complexity index is 604. The summed E-state index contributed by atoms with van der Waals surface area (Å²) in [5.41, 5.74) is 1.25. The molecule has 110 valence electrons. The van der Waals surface area contributed by atoms with Gasteiger partial charge in [0.1, 0.15) is 5.82 Å². The van der Waals surface area contributed by atoms with Crippen LogP contribution in [0, 0.1) is 0 Å². The van der Waals surface area contributed by atoms with Gasteiger partial charge in [0.2, 0.25) is 0 Å². The van der Waals surface area contributed by atoms with E-state index in [2.05, 4.69) is 44.3 Å². The number of rotatable bonds is 2. The van der Waals surface area contributed by atoms with Crippen molar-refractivity contribution in [3.8, 4) is 0 Å². The van der Waals surface area contributed by atoms with Crippen molar-refractivity contribution in [1.82, 2.24) is 20.1 Å².